The topological polar surface area (TPSA) is 96.7 Å². The summed E-state index contributed by atoms with van der Waals surface area (Å²) in [5.74, 6) is 5.74. The first-order valence-corrected chi connectivity index (χ1v) is 14.9. The van der Waals surface area contributed by atoms with E-state index in [0.29, 0.717) is 48.9 Å². The number of fused-ring (bicyclic) bond motifs is 2. The van der Waals surface area contributed by atoms with Crippen molar-refractivity contribution in [3.8, 4) is 11.8 Å². The van der Waals surface area contributed by atoms with Crippen molar-refractivity contribution in [3.05, 3.63) is 62.5 Å². The van der Waals surface area contributed by atoms with Gasteiger partial charge < -0.3 is 25.1 Å². The summed E-state index contributed by atoms with van der Waals surface area (Å²) in [6.45, 7) is 10.1. The highest BCUT2D eigenvalue weighted by Gasteiger charge is 2.42. The fourth-order valence-electron chi connectivity index (χ4n) is 6.82. The molecule has 3 fully saturated rings. The number of hydrogen-bond acceptors (Lipinski definition) is 7. The van der Waals surface area contributed by atoms with Crippen LogP contribution in [0.15, 0.2) is 28.8 Å². The van der Waals surface area contributed by atoms with Crippen LogP contribution in [0, 0.1) is 17.8 Å². The molecule has 5 heterocycles. The van der Waals surface area contributed by atoms with E-state index in [1.54, 1.807) is 0 Å². The van der Waals surface area contributed by atoms with E-state index in [9.17, 15) is 22.4 Å². The summed E-state index contributed by atoms with van der Waals surface area (Å²) in [5, 5.41) is 0. The van der Waals surface area contributed by atoms with Crippen LogP contribution in [-0.4, -0.2) is 59.8 Å². The first-order valence-electron chi connectivity index (χ1n) is 14.9. The molecule has 3 saturated heterocycles. The van der Waals surface area contributed by atoms with Gasteiger partial charge in [-0.3, -0.25) is 4.90 Å². The summed E-state index contributed by atoms with van der Waals surface area (Å²) in [6, 6.07) is 2.49. The van der Waals surface area contributed by atoms with Gasteiger partial charge in [-0.15, -0.1) is 5.92 Å². The van der Waals surface area contributed by atoms with Crippen molar-refractivity contribution in [2.75, 3.05) is 50.0 Å². The minimum Gasteiger partial charge on any atom is -0.399 e. The maximum absolute atomic E-state index is 14.0. The zero-order valence-corrected chi connectivity index (χ0v) is 25.3. The number of anilines is 2. The Balaban J connectivity index is 0.000000291. The smallest absolute Gasteiger partial charge is 0.399 e. The van der Waals surface area contributed by atoms with Crippen molar-refractivity contribution in [2.24, 2.45) is 5.92 Å². The summed E-state index contributed by atoms with van der Waals surface area (Å²) in [5.41, 5.74) is 6.81. The molecule has 8 nitrogen and oxygen atoms in total. The lowest BCUT2D eigenvalue weighted by Gasteiger charge is -2.31. The maximum Gasteiger partial charge on any atom is 0.417 e. The Labute approximate surface area is 254 Å². The molecule has 6 rings (SSSR count). The third-order valence-corrected chi connectivity index (χ3v) is 8.80. The van der Waals surface area contributed by atoms with Crippen molar-refractivity contribution >= 4 is 11.5 Å². The zero-order valence-electron chi connectivity index (χ0n) is 25.3. The van der Waals surface area contributed by atoms with Gasteiger partial charge in [0.1, 0.15) is 5.82 Å². The molecule has 44 heavy (non-hydrogen) atoms. The molecular formula is C32H39F4N5O3. The van der Waals surface area contributed by atoms with E-state index in [1.807, 2.05) is 11.8 Å². The van der Waals surface area contributed by atoms with E-state index >= 15 is 0 Å². The van der Waals surface area contributed by atoms with Crippen molar-refractivity contribution in [1.29, 1.82) is 0 Å². The largest absolute Gasteiger partial charge is 0.417 e. The molecule has 0 spiro atoms. The first kappa shape index (κ1) is 32.0. The number of benzene rings is 1. The SMILES string of the molecule is CC#Cc1cc(N)cc(C2Cc3[nH]c(=O)nc(N4CCOCC(C)C4)c3CO2)c1C(F)(F)F.C[C@@]12CCCN1C/C(=C\F)C2. The van der Waals surface area contributed by atoms with Gasteiger partial charge in [0.05, 0.1) is 37.8 Å². The van der Waals surface area contributed by atoms with Gasteiger partial charge in [0.2, 0.25) is 0 Å². The number of nitrogens with two attached hydrogens (primary N) is 1. The normalized spacial score (nSPS) is 26.2. The highest BCUT2D eigenvalue weighted by Crippen LogP contribution is 2.43. The third kappa shape index (κ3) is 6.80. The molecule has 1 aromatic heterocycles. The minimum absolute atomic E-state index is 0.00569. The van der Waals surface area contributed by atoms with E-state index in [2.05, 4.69) is 33.6 Å². The number of nitrogen functional groups attached to an aromatic ring is 1. The lowest BCUT2D eigenvalue weighted by molar-refractivity contribution is -0.140. The van der Waals surface area contributed by atoms with Crippen LogP contribution in [0.25, 0.3) is 0 Å². The molecule has 4 aliphatic rings. The number of hydrogen-bond donors (Lipinski definition) is 2. The van der Waals surface area contributed by atoms with Crippen LogP contribution in [0.4, 0.5) is 29.1 Å². The van der Waals surface area contributed by atoms with Gasteiger partial charge >= 0.3 is 11.9 Å². The Morgan fingerprint density at radius 1 is 1.27 bits per heavy atom. The minimum atomic E-state index is -4.65. The number of H-pyrrole nitrogens is 1. The van der Waals surface area contributed by atoms with Crippen LogP contribution >= 0.6 is 0 Å². The number of rotatable bonds is 2. The fraction of sp³-hybridized carbons (Fsp3) is 0.562. The summed E-state index contributed by atoms with van der Waals surface area (Å²) >= 11 is 0. The van der Waals surface area contributed by atoms with Gasteiger partial charge in [0, 0.05) is 54.1 Å². The Bertz CT molecular complexity index is 1530. The van der Waals surface area contributed by atoms with Crippen LogP contribution in [0.3, 0.4) is 0 Å². The molecular weight excluding hydrogens is 578 g/mol. The highest BCUT2D eigenvalue weighted by atomic mass is 19.4. The maximum atomic E-state index is 14.0. The number of alkyl halides is 3. The van der Waals surface area contributed by atoms with E-state index in [4.69, 9.17) is 15.2 Å². The standard InChI is InChI=1S/C23H25F3N4O3.C9H14FN/c1-3-4-14-7-15(27)8-16(20(14)23(24,25)26)19-9-18-17(12-33-19)21(29-22(31)28-18)30-5-6-32-11-13(2)10-30;1-9-3-2-4-11(9)7-8(5-9)6-10/h7-8,13,19H,5-6,9-12,27H2,1-2H3,(H,28,29,31);6H,2-5,7H2,1H3/b;8-6-/t;9-/m.0/s1. The summed E-state index contributed by atoms with van der Waals surface area (Å²) < 4.78 is 65.7. The first-order chi connectivity index (χ1) is 20.9. The Morgan fingerprint density at radius 2 is 2.07 bits per heavy atom. The van der Waals surface area contributed by atoms with E-state index in [-0.39, 0.29) is 35.8 Å². The molecule has 0 amide bonds. The Morgan fingerprint density at radius 3 is 2.77 bits per heavy atom. The van der Waals surface area contributed by atoms with Crippen LogP contribution in [0.1, 0.15) is 74.1 Å². The number of aromatic nitrogens is 2. The second kappa shape index (κ2) is 12.9. The molecule has 4 aliphatic heterocycles. The molecule has 0 saturated carbocycles. The molecule has 3 N–H and O–H groups in total. The van der Waals surface area contributed by atoms with Gasteiger partial charge in [-0.25, -0.2) is 9.18 Å². The number of aromatic amines is 1. The summed E-state index contributed by atoms with van der Waals surface area (Å²) in [6.07, 6.45) is -1.28. The molecule has 238 valence electrons. The zero-order chi connectivity index (χ0) is 31.6. The Hall–Kier alpha value is -3.40. The molecule has 3 atom stereocenters. The number of nitrogens with one attached hydrogen (secondary N) is 1. The van der Waals surface area contributed by atoms with Crippen LogP contribution in [0.5, 0.6) is 0 Å². The van der Waals surface area contributed by atoms with Crippen molar-refractivity contribution in [1.82, 2.24) is 14.9 Å². The van der Waals surface area contributed by atoms with Gasteiger partial charge in [-0.2, -0.15) is 18.2 Å². The van der Waals surface area contributed by atoms with Crippen molar-refractivity contribution < 1.29 is 27.0 Å². The van der Waals surface area contributed by atoms with Crippen LogP contribution < -0.4 is 16.3 Å². The number of ether oxygens (including phenoxy) is 2. The quantitative estimate of drug-likeness (QED) is 0.274. The van der Waals surface area contributed by atoms with Crippen molar-refractivity contribution in [3.63, 3.8) is 0 Å². The second-order valence-corrected chi connectivity index (χ2v) is 12.3. The molecule has 12 heteroatoms. The number of nitrogens with zero attached hydrogens (tertiary/aromatic N) is 3. The lowest BCUT2D eigenvalue weighted by Crippen LogP contribution is -2.35. The fourth-order valence-corrected chi connectivity index (χ4v) is 6.82. The molecule has 2 aromatic rings. The predicted molar refractivity (Wildman–Crippen MR) is 160 cm³/mol. The van der Waals surface area contributed by atoms with Gasteiger partial charge in [0.25, 0.3) is 0 Å². The van der Waals surface area contributed by atoms with Gasteiger partial charge in [-0.05, 0) is 68.8 Å². The molecule has 2 unspecified atom stereocenters. The number of halogens is 4. The summed E-state index contributed by atoms with van der Waals surface area (Å²) in [7, 11) is 0. The molecule has 1 aromatic carbocycles. The predicted octanol–water partition coefficient (Wildman–Crippen LogP) is 5.13. The van der Waals surface area contributed by atoms with E-state index in [1.165, 1.54) is 31.9 Å². The van der Waals surface area contributed by atoms with Gasteiger partial charge in [0.15, 0.2) is 0 Å². The molecule has 0 aliphatic carbocycles. The lowest BCUT2D eigenvalue weighted by atomic mass is 9.91. The average molecular weight is 618 g/mol. The van der Waals surface area contributed by atoms with E-state index in [0.717, 1.165) is 31.4 Å². The Kier molecular flexibility index (Phi) is 9.39. The van der Waals surface area contributed by atoms with Crippen LogP contribution in [0.2, 0.25) is 0 Å². The van der Waals surface area contributed by atoms with Gasteiger partial charge in [-0.1, -0.05) is 12.8 Å². The molecule has 0 radical (unpaired) electrons. The second-order valence-electron chi connectivity index (χ2n) is 12.3. The van der Waals surface area contributed by atoms with E-state index < -0.39 is 23.5 Å². The van der Waals surface area contributed by atoms with Crippen LogP contribution in [-0.2, 0) is 28.7 Å². The highest BCUT2D eigenvalue weighted by molar-refractivity contribution is 5.58. The monoisotopic (exact) mass is 617 g/mol. The van der Waals surface area contributed by atoms with Crippen molar-refractivity contribution in [2.45, 2.75) is 70.9 Å². The molecule has 0 bridgehead atoms. The third-order valence-electron chi connectivity index (χ3n) is 8.80. The summed E-state index contributed by atoms with van der Waals surface area (Å²) in [4.78, 5) is 23.6. The average Bonchev–Trinajstić information content (AvgIpc) is 3.38.